The Hall–Kier alpha value is -3.23. The largest absolute Gasteiger partial charge is 0.484 e. The minimum absolute atomic E-state index is 0.0524. The van der Waals surface area contributed by atoms with Crippen molar-refractivity contribution in [2.45, 2.75) is 32.2 Å². The number of hydrogen-bond acceptors (Lipinski definition) is 6. The van der Waals surface area contributed by atoms with Gasteiger partial charge in [0.2, 0.25) is 5.95 Å². The first-order valence-corrected chi connectivity index (χ1v) is 8.52. The maximum Gasteiger partial charge on any atom is 0.264 e. The summed E-state index contributed by atoms with van der Waals surface area (Å²) >= 11 is 0. The molecule has 1 aliphatic heterocycles. The zero-order chi connectivity index (χ0) is 17.9. The maximum atomic E-state index is 12.8. The lowest BCUT2D eigenvalue weighted by Gasteiger charge is -2.11. The first-order chi connectivity index (χ1) is 12.7. The summed E-state index contributed by atoms with van der Waals surface area (Å²) in [6.45, 7) is 0.494. The molecule has 4 rings (SSSR count). The third-order valence-electron chi connectivity index (χ3n) is 4.33. The minimum Gasteiger partial charge on any atom is -0.484 e. The molecule has 1 aliphatic rings. The molecule has 0 aliphatic carbocycles. The average Bonchev–Trinajstić information content (AvgIpc) is 3.03. The van der Waals surface area contributed by atoms with Gasteiger partial charge < -0.3 is 4.74 Å². The molecule has 0 fully saturated rings. The number of aromatic amines is 1. The van der Waals surface area contributed by atoms with E-state index in [-0.39, 0.29) is 24.0 Å². The van der Waals surface area contributed by atoms with Gasteiger partial charge in [-0.05, 0) is 31.0 Å². The highest BCUT2D eigenvalue weighted by Crippen LogP contribution is 2.19. The third-order valence-corrected chi connectivity index (χ3v) is 4.33. The number of benzene rings is 1. The van der Waals surface area contributed by atoms with Gasteiger partial charge in [-0.1, -0.05) is 6.42 Å². The van der Waals surface area contributed by atoms with Crippen molar-refractivity contribution in [1.29, 1.82) is 0 Å². The molecule has 9 heteroatoms. The number of rotatable bonds is 4. The number of fused-ring (bicyclic) bond motifs is 2. The predicted octanol–water partition coefficient (Wildman–Crippen LogP) is 1.26. The molecule has 3 heterocycles. The maximum absolute atomic E-state index is 12.8. The summed E-state index contributed by atoms with van der Waals surface area (Å²) < 4.78 is 7.26. The van der Waals surface area contributed by atoms with Crippen LogP contribution in [0, 0.1) is 0 Å². The van der Waals surface area contributed by atoms with Gasteiger partial charge in [0.1, 0.15) is 17.9 Å². The fourth-order valence-electron chi connectivity index (χ4n) is 3.07. The van der Waals surface area contributed by atoms with Crippen LogP contribution >= 0.6 is 0 Å². The lowest BCUT2D eigenvalue weighted by Crippen LogP contribution is -2.24. The first kappa shape index (κ1) is 16.2. The van der Waals surface area contributed by atoms with Crippen molar-refractivity contribution in [1.82, 2.24) is 24.7 Å². The second kappa shape index (κ2) is 6.95. The van der Waals surface area contributed by atoms with E-state index in [1.807, 2.05) is 0 Å². The predicted molar refractivity (Wildman–Crippen MR) is 94.1 cm³/mol. The molecular formula is C17H18N6O3. The van der Waals surface area contributed by atoms with Gasteiger partial charge in [-0.2, -0.15) is 10.1 Å². The molecule has 1 aromatic carbocycles. The summed E-state index contributed by atoms with van der Waals surface area (Å²) in [5.74, 6) is 1.17. The normalized spacial score (nSPS) is 13.8. The van der Waals surface area contributed by atoms with Gasteiger partial charge in [0.05, 0.1) is 10.9 Å². The molecular weight excluding hydrogens is 336 g/mol. The molecule has 1 amide bonds. The summed E-state index contributed by atoms with van der Waals surface area (Å²) in [6.07, 6.45) is 5.26. The standard InChI is InChI=1S/C17H18N6O3/c24-15(21-17-18-10-19-22-17)9-26-11-5-6-13-12(8-11)16(25)23-7-3-1-2-4-14(23)20-13/h5-6,8,10H,1-4,7,9H2,(H2,18,19,21,22,24). The first-order valence-electron chi connectivity index (χ1n) is 8.52. The van der Waals surface area contributed by atoms with Crippen LogP contribution in [0.1, 0.15) is 25.1 Å². The van der Waals surface area contributed by atoms with E-state index in [1.54, 1.807) is 22.8 Å². The number of ether oxygens (including phenoxy) is 1. The van der Waals surface area contributed by atoms with E-state index >= 15 is 0 Å². The highest BCUT2D eigenvalue weighted by atomic mass is 16.5. The van der Waals surface area contributed by atoms with Crippen LogP contribution in [0.4, 0.5) is 5.95 Å². The van der Waals surface area contributed by atoms with E-state index in [9.17, 15) is 9.59 Å². The molecule has 3 aromatic rings. The van der Waals surface area contributed by atoms with Crippen molar-refractivity contribution in [2.24, 2.45) is 0 Å². The summed E-state index contributed by atoms with van der Waals surface area (Å²) in [6, 6.07) is 5.11. The Labute approximate surface area is 148 Å². The average molecular weight is 354 g/mol. The zero-order valence-corrected chi connectivity index (χ0v) is 14.1. The fourth-order valence-corrected chi connectivity index (χ4v) is 3.07. The smallest absolute Gasteiger partial charge is 0.264 e. The molecule has 0 spiro atoms. The Morgan fingerprint density at radius 3 is 3.08 bits per heavy atom. The van der Waals surface area contributed by atoms with E-state index in [0.717, 1.165) is 31.5 Å². The van der Waals surface area contributed by atoms with E-state index in [0.29, 0.717) is 23.2 Å². The molecule has 0 atom stereocenters. The van der Waals surface area contributed by atoms with Gasteiger partial charge in [-0.3, -0.25) is 19.5 Å². The molecule has 0 bridgehead atoms. The van der Waals surface area contributed by atoms with Gasteiger partial charge in [0.25, 0.3) is 11.5 Å². The number of amides is 1. The summed E-state index contributed by atoms with van der Waals surface area (Å²) in [5, 5.41) is 9.20. The fraction of sp³-hybridized carbons (Fsp3) is 0.353. The highest BCUT2D eigenvalue weighted by molar-refractivity contribution is 5.90. The van der Waals surface area contributed by atoms with Crippen LogP contribution in [0.25, 0.3) is 10.9 Å². The van der Waals surface area contributed by atoms with Gasteiger partial charge in [-0.25, -0.2) is 10.1 Å². The third kappa shape index (κ3) is 3.28. The van der Waals surface area contributed by atoms with Crippen LogP contribution in [0.15, 0.2) is 29.3 Å². The number of H-pyrrole nitrogens is 1. The van der Waals surface area contributed by atoms with Crippen LogP contribution < -0.4 is 15.6 Å². The number of aryl methyl sites for hydroxylation is 1. The van der Waals surface area contributed by atoms with Crippen molar-refractivity contribution in [3.8, 4) is 5.75 Å². The van der Waals surface area contributed by atoms with Crippen LogP contribution in [-0.4, -0.2) is 37.2 Å². The molecule has 0 radical (unpaired) electrons. The van der Waals surface area contributed by atoms with Crippen LogP contribution in [0.5, 0.6) is 5.75 Å². The molecule has 0 saturated carbocycles. The Morgan fingerprint density at radius 1 is 1.31 bits per heavy atom. The molecule has 2 aromatic heterocycles. The molecule has 134 valence electrons. The topological polar surface area (TPSA) is 115 Å². The number of nitrogens with zero attached hydrogens (tertiary/aromatic N) is 4. The second-order valence-corrected chi connectivity index (χ2v) is 6.15. The number of nitrogens with one attached hydrogen (secondary N) is 2. The Kier molecular flexibility index (Phi) is 4.34. The molecule has 2 N–H and O–H groups in total. The Morgan fingerprint density at radius 2 is 2.23 bits per heavy atom. The van der Waals surface area contributed by atoms with Gasteiger partial charge >= 0.3 is 0 Å². The Bertz CT molecular complexity index is 996. The molecule has 26 heavy (non-hydrogen) atoms. The lowest BCUT2D eigenvalue weighted by molar-refractivity contribution is -0.118. The van der Waals surface area contributed by atoms with Crippen molar-refractivity contribution >= 4 is 22.8 Å². The molecule has 9 nitrogen and oxygen atoms in total. The number of aromatic nitrogens is 5. The van der Waals surface area contributed by atoms with Crippen molar-refractivity contribution in [3.05, 3.63) is 40.7 Å². The Balaban J connectivity index is 1.54. The number of carbonyl (C=O) groups excluding carboxylic acids is 1. The van der Waals surface area contributed by atoms with Crippen molar-refractivity contribution in [3.63, 3.8) is 0 Å². The van der Waals surface area contributed by atoms with E-state index in [2.05, 4.69) is 25.5 Å². The highest BCUT2D eigenvalue weighted by Gasteiger charge is 2.14. The van der Waals surface area contributed by atoms with Crippen LogP contribution in [0.2, 0.25) is 0 Å². The summed E-state index contributed by atoms with van der Waals surface area (Å²) in [5.41, 5.74) is 0.602. The van der Waals surface area contributed by atoms with Gasteiger partial charge in [0.15, 0.2) is 6.61 Å². The number of carbonyl (C=O) groups is 1. The monoisotopic (exact) mass is 354 g/mol. The summed E-state index contributed by atoms with van der Waals surface area (Å²) in [4.78, 5) is 33.1. The van der Waals surface area contributed by atoms with Gasteiger partial charge in [0, 0.05) is 13.0 Å². The zero-order valence-electron chi connectivity index (χ0n) is 14.1. The lowest BCUT2D eigenvalue weighted by atomic mass is 10.2. The van der Waals surface area contributed by atoms with E-state index < -0.39 is 0 Å². The SMILES string of the molecule is O=C(COc1ccc2nc3n(c(=O)c2c1)CCCCC3)Nc1ncn[nH]1. The van der Waals surface area contributed by atoms with Crippen LogP contribution in [0.3, 0.4) is 0 Å². The van der Waals surface area contributed by atoms with E-state index in [4.69, 9.17) is 4.74 Å². The number of anilines is 1. The summed E-state index contributed by atoms with van der Waals surface area (Å²) in [7, 11) is 0. The van der Waals surface area contributed by atoms with Crippen molar-refractivity contribution in [2.75, 3.05) is 11.9 Å². The quantitative estimate of drug-likeness (QED) is 0.729. The second-order valence-electron chi connectivity index (χ2n) is 6.15. The van der Waals surface area contributed by atoms with E-state index in [1.165, 1.54) is 6.33 Å². The van der Waals surface area contributed by atoms with Crippen molar-refractivity contribution < 1.29 is 9.53 Å². The van der Waals surface area contributed by atoms with Gasteiger partial charge in [-0.15, -0.1) is 0 Å². The number of hydrogen-bond donors (Lipinski definition) is 2. The van der Waals surface area contributed by atoms with Crippen LogP contribution in [-0.2, 0) is 17.8 Å². The molecule has 0 saturated heterocycles. The minimum atomic E-state index is -0.376. The molecule has 0 unspecified atom stereocenters.